The lowest BCUT2D eigenvalue weighted by atomic mass is 9.75. The van der Waals surface area contributed by atoms with Gasteiger partial charge in [-0.2, -0.15) is 0 Å². The minimum Gasteiger partial charge on any atom is -0.381 e. The molecule has 0 saturated carbocycles. The first kappa shape index (κ1) is 33.2. The van der Waals surface area contributed by atoms with Crippen molar-refractivity contribution in [3.05, 3.63) is 0 Å². The second-order valence-corrected chi connectivity index (χ2v) is 12.5. The van der Waals surface area contributed by atoms with Gasteiger partial charge in [0.2, 0.25) is 0 Å². The summed E-state index contributed by atoms with van der Waals surface area (Å²) in [6, 6.07) is 0. The van der Waals surface area contributed by atoms with E-state index in [1.54, 1.807) is 0 Å². The molecule has 0 aliphatic rings. The lowest BCUT2D eigenvalue weighted by Crippen LogP contribution is -2.21. The molecule has 0 aromatic heterocycles. The van der Waals surface area contributed by atoms with Crippen molar-refractivity contribution in [2.75, 3.05) is 33.1 Å². The smallest absolute Gasteiger partial charge is 0.381 e. The van der Waals surface area contributed by atoms with Crippen molar-refractivity contribution < 1.29 is 37.6 Å². The first-order valence-corrected chi connectivity index (χ1v) is 16.1. The predicted molar refractivity (Wildman–Crippen MR) is 133 cm³/mol. The number of phosphoric acid groups is 1. The van der Waals surface area contributed by atoms with Crippen LogP contribution in [0.2, 0.25) is 0 Å². The van der Waals surface area contributed by atoms with Gasteiger partial charge >= 0.3 is 15.4 Å². The molecule has 0 saturated heterocycles. The maximum absolute atomic E-state index is 11.3. The summed E-state index contributed by atoms with van der Waals surface area (Å²) in [4.78, 5) is 27.1. The number of phosphoric ester groups is 1. The monoisotopic (exact) mass is 516 g/mol. The van der Waals surface area contributed by atoms with E-state index < -0.39 is 15.4 Å². The van der Waals surface area contributed by atoms with Gasteiger partial charge in [0.05, 0.1) is 13.2 Å². The molecule has 0 heterocycles. The fourth-order valence-corrected chi connectivity index (χ4v) is 5.25. The quantitative estimate of drug-likeness (QED) is 0.108. The predicted octanol–water partition coefficient (Wildman–Crippen LogP) is 6.68. The molecule has 0 aliphatic carbocycles. The van der Waals surface area contributed by atoms with Crippen molar-refractivity contribution >= 4 is 15.4 Å². The molecule has 0 aliphatic heterocycles. The molecule has 200 valence electrons. The Hall–Kier alpha value is 0.220. The maximum atomic E-state index is 11.3. The summed E-state index contributed by atoms with van der Waals surface area (Å²) >= 11 is 0. The second kappa shape index (κ2) is 16.8. The van der Waals surface area contributed by atoms with E-state index in [-0.39, 0.29) is 17.4 Å². The third-order valence-corrected chi connectivity index (χ3v) is 8.53. The van der Waals surface area contributed by atoms with Crippen molar-refractivity contribution in [1.82, 2.24) is 0 Å². The minimum absolute atomic E-state index is 0.0596. The zero-order valence-corrected chi connectivity index (χ0v) is 23.4. The van der Waals surface area contributed by atoms with Gasteiger partial charge in [0, 0.05) is 19.9 Å². The van der Waals surface area contributed by atoms with E-state index in [2.05, 4.69) is 32.2 Å². The molecule has 0 fully saturated rings. The molecule has 0 radical (unpaired) electrons. The highest BCUT2D eigenvalue weighted by Gasteiger charge is 2.27. The van der Waals surface area contributed by atoms with Gasteiger partial charge in [-0.15, -0.1) is 0 Å². The largest absolute Gasteiger partial charge is 0.469 e. The highest BCUT2D eigenvalue weighted by molar-refractivity contribution is 7.51. The van der Waals surface area contributed by atoms with Crippen LogP contribution in [0.4, 0.5) is 0 Å². The van der Waals surface area contributed by atoms with Crippen molar-refractivity contribution in [3.63, 3.8) is 0 Å². The van der Waals surface area contributed by atoms with Gasteiger partial charge in [-0.05, 0) is 49.4 Å². The summed E-state index contributed by atoms with van der Waals surface area (Å²) in [5.74, 6) is 0. The molecule has 33 heavy (non-hydrogen) atoms. The maximum Gasteiger partial charge on any atom is 0.469 e. The molecule has 0 amide bonds. The highest BCUT2D eigenvalue weighted by Crippen LogP contribution is 2.42. The van der Waals surface area contributed by atoms with Crippen molar-refractivity contribution in [2.24, 2.45) is 10.8 Å². The van der Waals surface area contributed by atoms with Gasteiger partial charge in [0.25, 0.3) is 0 Å². The average molecular weight is 517 g/mol. The van der Waals surface area contributed by atoms with Crippen molar-refractivity contribution in [2.45, 2.75) is 105 Å². The molecule has 0 aromatic rings. The van der Waals surface area contributed by atoms with Gasteiger partial charge in [-0.25, -0.2) is 4.57 Å². The SMILES string of the molecule is CCC(CC)(CCCCOCCCCC(CC)(CC)CCOP(=O)(O)O)CCOP(C)(=O)O. The van der Waals surface area contributed by atoms with Crippen LogP contribution < -0.4 is 0 Å². The van der Waals surface area contributed by atoms with Crippen LogP contribution in [0.25, 0.3) is 0 Å². The molecule has 0 aromatic carbocycles. The Bertz CT molecular complexity index is 529. The number of ether oxygens (including phenoxy) is 1. The Morgan fingerprint density at radius 2 is 1.00 bits per heavy atom. The molecular weight excluding hydrogens is 466 g/mol. The van der Waals surface area contributed by atoms with E-state index in [0.29, 0.717) is 13.0 Å². The zero-order chi connectivity index (χ0) is 25.4. The van der Waals surface area contributed by atoms with Gasteiger partial charge in [-0.3, -0.25) is 9.09 Å². The molecule has 0 rings (SSSR count). The summed E-state index contributed by atoms with van der Waals surface area (Å²) < 4.78 is 37.8. The van der Waals surface area contributed by atoms with Crippen LogP contribution in [-0.4, -0.2) is 47.8 Å². The molecule has 8 nitrogen and oxygen atoms in total. The van der Waals surface area contributed by atoms with Crippen LogP contribution in [0.1, 0.15) is 105 Å². The van der Waals surface area contributed by atoms with E-state index in [1.807, 2.05) is 0 Å². The van der Waals surface area contributed by atoms with E-state index in [0.717, 1.165) is 83.8 Å². The van der Waals surface area contributed by atoms with E-state index >= 15 is 0 Å². The third kappa shape index (κ3) is 16.5. The van der Waals surface area contributed by atoms with E-state index in [4.69, 9.17) is 19.0 Å². The standard InChI is InChI=1S/C23H50O8P2/c1-6-22(7-2,16-20-30-32(5,24)25)14-10-12-18-29-19-13-11-15-23(8-3,9-4)17-21-31-33(26,27)28/h6-21H2,1-5H3,(H,24,25)(H2,26,27,28). The van der Waals surface area contributed by atoms with Crippen LogP contribution >= 0.6 is 15.4 Å². The Morgan fingerprint density at radius 3 is 1.33 bits per heavy atom. The van der Waals surface area contributed by atoms with Crippen molar-refractivity contribution in [3.8, 4) is 0 Å². The van der Waals surface area contributed by atoms with Crippen LogP contribution in [-0.2, 0) is 22.9 Å². The number of hydrogen-bond acceptors (Lipinski definition) is 5. The van der Waals surface area contributed by atoms with Crippen LogP contribution in [0.5, 0.6) is 0 Å². The summed E-state index contributed by atoms with van der Waals surface area (Å²) in [5.41, 5.74) is 0.215. The first-order valence-electron chi connectivity index (χ1n) is 12.6. The Labute approximate surface area is 202 Å². The van der Waals surface area contributed by atoms with Crippen molar-refractivity contribution in [1.29, 1.82) is 0 Å². The molecule has 0 bridgehead atoms. The van der Waals surface area contributed by atoms with Crippen LogP contribution in [0.15, 0.2) is 0 Å². The molecule has 10 heteroatoms. The van der Waals surface area contributed by atoms with Gasteiger partial charge < -0.3 is 23.9 Å². The molecule has 1 atom stereocenters. The topological polar surface area (TPSA) is 123 Å². The van der Waals surface area contributed by atoms with Gasteiger partial charge in [0.15, 0.2) is 0 Å². The summed E-state index contributed by atoms with van der Waals surface area (Å²) in [6.45, 7) is 11.7. The normalized spacial score (nSPS) is 15.0. The summed E-state index contributed by atoms with van der Waals surface area (Å²) in [6.07, 6.45) is 11.6. The summed E-state index contributed by atoms with van der Waals surface area (Å²) in [7, 11) is -7.81. The Balaban J connectivity index is 4.09. The summed E-state index contributed by atoms with van der Waals surface area (Å²) in [5, 5.41) is 0. The average Bonchev–Trinajstić information content (AvgIpc) is 2.74. The van der Waals surface area contributed by atoms with E-state index in [1.165, 1.54) is 6.66 Å². The first-order chi connectivity index (χ1) is 15.4. The van der Waals surface area contributed by atoms with Gasteiger partial charge in [-0.1, -0.05) is 66.2 Å². The molecule has 3 N–H and O–H groups in total. The lowest BCUT2D eigenvalue weighted by molar-refractivity contribution is 0.106. The Morgan fingerprint density at radius 1 is 0.606 bits per heavy atom. The Kier molecular flexibility index (Phi) is 16.9. The number of unbranched alkanes of at least 4 members (excludes halogenated alkanes) is 2. The second-order valence-electron chi connectivity index (χ2n) is 9.40. The van der Waals surface area contributed by atoms with E-state index in [9.17, 15) is 14.0 Å². The lowest BCUT2D eigenvalue weighted by Gasteiger charge is -2.32. The van der Waals surface area contributed by atoms with Gasteiger partial charge in [0.1, 0.15) is 0 Å². The van der Waals surface area contributed by atoms with Crippen LogP contribution in [0.3, 0.4) is 0 Å². The molecule has 0 spiro atoms. The third-order valence-electron chi connectivity index (χ3n) is 7.35. The van der Waals surface area contributed by atoms with Crippen LogP contribution in [0, 0.1) is 10.8 Å². The minimum atomic E-state index is -4.40. The highest BCUT2D eigenvalue weighted by atomic mass is 31.2. The fraction of sp³-hybridized carbons (Fsp3) is 1.00. The fourth-order valence-electron chi connectivity index (χ4n) is 4.49. The number of rotatable bonds is 22. The zero-order valence-electron chi connectivity index (χ0n) is 21.6. The molecular formula is C23H50O8P2. The molecule has 1 unspecified atom stereocenters. The number of hydrogen-bond donors (Lipinski definition) is 3.